The Hall–Kier alpha value is -1.26. The fourth-order valence-corrected chi connectivity index (χ4v) is 0.781. The van der Waals surface area contributed by atoms with Gasteiger partial charge in [0, 0.05) is 12.1 Å². The first kappa shape index (κ1) is 8.84. The molecule has 0 saturated carbocycles. The van der Waals surface area contributed by atoms with E-state index in [1.54, 1.807) is 0 Å². The molecule has 12 heavy (non-hydrogen) atoms. The van der Waals surface area contributed by atoms with Crippen molar-refractivity contribution in [1.29, 1.82) is 0 Å². The topological polar surface area (TPSA) is 3.88 Å². The summed E-state index contributed by atoms with van der Waals surface area (Å²) in [7, 11) is -4.94. The zero-order chi connectivity index (χ0) is 9.19. The van der Waals surface area contributed by atoms with Crippen molar-refractivity contribution in [1.82, 2.24) is 0 Å². The molecule has 0 amide bonds. The van der Waals surface area contributed by atoms with Gasteiger partial charge in [0.1, 0.15) is 12.4 Å². The Morgan fingerprint density at radius 3 is 2.08 bits per heavy atom. The predicted octanol–water partition coefficient (Wildman–Crippen LogP) is 1.81. The normalized spacial score (nSPS) is 11.2. The smallest absolute Gasteiger partial charge is 0.379 e. The van der Waals surface area contributed by atoms with E-state index in [0.717, 1.165) is 12.4 Å². The van der Waals surface area contributed by atoms with Crippen molar-refractivity contribution in [2.75, 3.05) is 0 Å². The van der Waals surface area contributed by atoms with Gasteiger partial charge in [-0.2, -0.15) is 0 Å². The fourth-order valence-electron chi connectivity index (χ4n) is 0.781. The van der Waals surface area contributed by atoms with Crippen LogP contribution in [0.15, 0.2) is 31.1 Å². The van der Waals surface area contributed by atoms with Gasteiger partial charge in [0.05, 0.1) is 0 Å². The van der Waals surface area contributed by atoms with Crippen molar-refractivity contribution in [2.24, 2.45) is 0 Å². The molecule has 0 atom stereocenters. The van der Waals surface area contributed by atoms with Crippen molar-refractivity contribution >= 4 is 13.2 Å². The van der Waals surface area contributed by atoms with Crippen LogP contribution in [-0.2, 0) is 0 Å². The number of nitrogens with zero attached hydrogens (tertiary/aromatic N) is 1. The maximum atomic E-state index is 12.0. The van der Waals surface area contributed by atoms with E-state index in [2.05, 4.69) is 6.58 Å². The highest BCUT2D eigenvalue weighted by Gasteiger charge is 2.39. The molecular weight excluding hydrogens is 166 g/mol. The predicted molar refractivity (Wildman–Crippen MR) is 41.2 cm³/mol. The van der Waals surface area contributed by atoms with E-state index in [9.17, 15) is 12.9 Å². The van der Waals surface area contributed by atoms with E-state index in [1.807, 2.05) is 0 Å². The summed E-state index contributed by atoms with van der Waals surface area (Å²) in [5.74, 6) is 0. The summed E-state index contributed by atoms with van der Waals surface area (Å²) in [4.78, 5) is 0. The molecule has 0 aliphatic rings. The van der Waals surface area contributed by atoms with Gasteiger partial charge in [-0.25, -0.2) is 0 Å². The van der Waals surface area contributed by atoms with Gasteiger partial charge in [0.15, 0.2) is 0 Å². The molecule has 0 unspecified atom stereocenters. The molecule has 1 nitrogen and oxygen atoms in total. The Morgan fingerprint density at radius 2 is 1.75 bits per heavy atom. The van der Waals surface area contributed by atoms with Crippen LogP contribution in [0.1, 0.15) is 5.56 Å². The van der Waals surface area contributed by atoms with Crippen molar-refractivity contribution in [2.45, 2.75) is 0 Å². The van der Waals surface area contributed by atoms with Crippen molar-refractivity contribution in [3.63, 3.8) is 0 Å². The minimum absolute atomic E-state index is 0.243. The molecule has 5 heteroatoms. The molecule has 64 valence electrons. The van der Waals surface area contributed by atoms with Crippen molar-refractivity contribution < 1.29 is 17.4 Å². The highest BCUT2D eigenvalue weighted by atomic mass is 19.4. The van der Waals surface area contributed by atoms with Gasteiger partial charge in [-0.3, -0.25) is 0 Å². The van der Waals surface area contributed by atoms with Crippen molar-refractivity contribution in [3.05, 3.63) is 36.7 Å². The van der Waals surface area contributed by atoms with E-state index < -0.39 is 7.11 Å². The average molecular weight is 173 g/mol. The van der Waals surface area contributed by atoms with Crippen LogP contribution in [0.2, 0.25) is 0 Å². The Kier molecular flexibility index (Phi) is 2.21. The second kappa shape index (κ2) is 3.01. The average Bonchev–Trinajstić information content (AvgIpc) is 2.03. The van der Waals surface area contributed by atoms with Crippen LogP contribution in [0.25, 0.3) is 6.08 Å². The first-order valence-corrected chi connectivity index (χ1v) is 3.37. The summed E-state index contributed by atoms with van der Waals surface area (Å²) in [5, 5.41) is 0. The number of rotatable bonds is 2. The number of pyridine rings is 1. The zero-order valence-corrected chi connectivity index (χ0v) is 6.25. The lowest BCUT2D eigenvalue weighted by Gasteiger charge is -2.06. The molecule has 0 saturated heterocycles. The summed E-state index contributed by atoms with van der Waals surface area (Å²) < 4.78 is 36.3. The molecule has 0 aromatic carbocycles. The van der Waals surface area contributed by atoms with E-state index >= 15 is 0 Å². The third-order valence-corrected chi connectivity index (χ3v) is 1.45. The molecule has 0 radical (unpaired) electrons. The third-order valence-electron chi connectivity index (χ3n) is 1.45. The molecule has 1 heterocycles. The highest BCUT2D eigenvalue weighted by molar-refractivity contribution is 6.48. The zero-order valence-electron chi connectivity index (χ0n) is 6.25. The first-order chi connectivity index (χ1) is 5.54. The van der Waals surface area contributed by atoms with Crippen LogP contribution in [-0.4, -0.2) is 7.11 Å². The SMILES string of the molecule is C=Cc1cc[n+]([B-](F)(F)F)cc1. The van der Waals surface area contributed by atoms with Gasteiger partial charge in [-0.05, 0) is 5.56 Å². The van der Waals surface area contributed by atoms with Crippen LogP contribution in [0.4, 0.5) is 12.9 Å². The van der Waals surface area contributed by atoms with Crippen LogP contribution in [0.5, 0.6) is 0 Å². The van der Waals surface area contributed by atoms with Crippen LogP contribution in [0, 0.1) is 0 Å². The van der Waals surface area contributed by atoms with Gasteiger partial charge in [0.2, 0.25) is 0 Å². The Bertz CT molecular complexity index is 278. The Morgan fingerprint density at radius 1 is 1.25 bits per heavy atom. The van der Waals surface area contributed by atoms with Gasteiger partial charge >= 0.3 is 7.11 Å². The van der Waals surface area contributed by atoms with E-state index in [-0.39, 0.29) is 4.48 Å². The van der Waals surface area contributed by atoms with Gasteiger partial charge in [-0.1, -0.05) is 12.7 Å². The van der Waals surface area contributed by atoms with Gasteiger partial charge in [-0.15, -0.1) is 0 Å². The van der Waals surface area contributed by atoms with Gasteiger partial charge in [0.25, 0.3) is 0 Å². The fraction of sp³-hybridized carbons (Fsp3) is 0. The molecule has 0 spiro atoms. The largest absolute Gasteiger partial charge is 0.810 e. The number of halogens is 3. The maximum absolute atomic E-state index is 12.0. The monoisotopic (exact) mass is 173 g/mol. The summed E-state index contributed by atoms with van der Waals surface area (Å²) in [6.45, 7) is 3.44. The van der Waals surface area contributed by atoms with Gasteiger partial charge < -0.3 is 17.4 Å². The quantitative estimate of drug-likeness (QED) is 0.600. The minimum atomic E-state index is -4.94. The number of hydrogen-bond acceptors (Lipinski definition) is 0. The van der Waals surface area contributed by atoms with Crippen LogP contribution >= 0.6 is 0 Å². The Balaban J connectivity index is 3.00. The summed E-state index contributed by atoms with van der Waals surface area (Å²) >= 11 is 0. The van der Waals surface area contributed by atoms with E-state index in [1.165, 1.54) is 18.2 Å². The standard InChI is InChI=1S/C7H7BF3N/c1-2-7-3-5-12(6-4-7)8(9,10)11/h2-6H,1H2. The summed E-state index contributed by atoms with van der Waals surface area (Å²) in [5.41, 5.74) is 0.673. The van der Waals surface area contributed by atoms with Crippen LogP contribution in [0.3, 0.4) is 0 Å². The molecule has 1 rings (SSSR count). The molecule has 0 fully saturated rings. The lowest BCUT2D eigenvalue weighted by Crippen LogP contribution is -2.54. The molecule has 0 aliphatic heterocycles. The van der Waals surface area contributed by atoms with E-state index in [0.29, 0.717) is 5.56 Å². The maximum Gasteiger partial charge on any atom is 0.810 e. The minimum Gasteiger partial charge on any atom is -0.379 e. The molecule has 0 bridgehead atoms. The molecule has 1 aromatic heterocycles. The summed E-state index contributed by atoms with van der Waals surface area (Å²) in [6, 6.07) is 2.73. The lowest BCUT2D eigenvalue weighted by atomic mass is 10.1. The molecule has 1 aromatic rings. The number of aromatic nitrogens is 1. The second-order valence-corrected chi connectivity index (χ2v) is 2.32. The van der Waals surface area contributed by atoms with Crippen molar-refractivity contribution in [3.8, 4) is 0 Å². The first-order valence-electron chi connectivity index (χ1n) is 3.37. The van der Waals surface area contributed by atoms with E-state index in [4.69, 9.17) is 0 Å². The number of hydrogen-bond donors (Lipinski definition) is 0. The Labute approximate surface area is 68.2 Å². The second-order valence-electron chi connectivity index (χ2n) is 2.32. The molecule has 0 N–H and O–H groups in total. The molecule has 0 aliphatic carbocycles. The van der Waals surface area contributed by atoms with Crippen LogP contribution < -0.4 is 4.48 Å². The third kappa shape index (κ3) is 1.87. The highest BCUT2D eigenvalue weighted by Crippen LogP contribution is 2.04. The molecular formula is C7H7BF3N. The lowest BCUT2D eigenvalue weighted by molar-refractivity contribution is -0.575. The summed E-state index contributed by atoms with van der Waals surface area (Å²) in [6.07, 6.45) is 3.46.